The second kappa shape index (κ2) is 7.90. The number of halogens is 1. The van der Waals surface area contributed by atoms with Gasteiger partial charge in [0.05, 0.1) is 0 Å². The number of carbonyl (C=O) groups excluding carboxylic acids is 3. The van der Waals surface area contributed by atoms with E-state index in [4.69, 9.17) is 0 Å². The average molecular weight is 373 g/mol. The Balaban J connectivity index is 1.57. The number of urea groups is 1. The SMILES string of the molecule is CC1(c2ccc(F)cc2)NC(=O)N(CC(=O)NCCC2=CCCCC2)C1=O. The van der Waals surface area contributed by atoms with Crippen LogP contribution >= 0.6 is 0 Å². The molecule has 2 N–H and O–H groups in total. The highest BCUT2D eigenvalue weighted by atomic mass is 19.1. The summed E-state index contributed by atoms with van der Waals surface area (Å²) < 4.78 is 13.1. The largest absolute Gasteiger partial charge is 0.354 e. The fraction of sp³-hybridized carbons (Fsp3) is 0.450. The molecule has 1 aromatic rings. The minimum absolute atomic E-state index is 0.333. The quantitative estimate of drug-likeness (QED) is 0.594. The number of carbonyl (C=O) groups is 3. The summed E-state index contributed by atoms with van der Waals surface area (Å²) in [6.45, 7) is 1.71. The normalized spacial score (nSPS) is 22.4. The number of amides is 4. The summed E-state index contributed by atoms with van der Waals surface area (Å²) in [6, 6.07) is 4.74. The molecule has 1 atom stereocenters. The Morgan fingerprint density at radius 2 is 2.00 bits per heavy atom. The summed E-state index contributed by atoms with van der Waals surface area (Å²) in [4.78, 5) is 38.0. The monoisotopic (exact) mass is 373 g/mol. The van der Waals surface area contributed by atoms with Crippen LogP contribution in [0.15, 0.2) is 35.9 Å². The predicted octanol–water partition coefficient (Wildman–Crippen LogP) is 2.60. The van der Waals surface area contributed by atoms with Crippen molar-refractivity contribution in [1.29, 1.82) is 0 Å². The van der Waals surface area contributed by atoms with Gasteiger partial charge in [-0.15, -0.1) is 0 Å². The first-order valence-corrected chi connectivity index (χ1v) is 9.25. The smallest absolute Gasteiger partial charge is 0.325 e. The Morgan fingerprint density at radius 3 is 2.67 bits per heavy atom. The molecule has 1 aromatic carbocycles. The zero-order valence-corrected chi connectivity index (χ0v) is 15.4. The van der Waals surface area contributed by atoms with E-state index in [1.165, 1.54) is 42.7 Å². The van der Waals surface area contributed by atoms with Gasteiger partial charge in [0.1, 0.15) is 17.9 Å². The summed E-state index contributed by atoms with van der Waals surface area (Å²) in [6.07, 6.45) is 7.58. The molecule has 1 fully saturated rings. The van der Waals surface area contributed by atoms with Gasteiger partial charge >= 0.3 is 6.03 Å². The van der Waals surface area contributed by atoms with Gasteiger partial charge in [-0.1, -0.05) is 23.8 Å². The van der Waals surface area contributed by atoms with Crippen molar-refractivity contribution in [2.24, 2.45) is 0 Å². The number of allylic oxidation sites excluding steroid dienone is 1. The maximum absolute atomic E-state index is 13.1. The third-order valence-corrected chi connectivity index (χ3v) is 5.15. The Labute approximate surface area is 157 Å². The van der Waals surface area contributed by atoms with Crippen LogP contribution < -0.4 is 10.6 Å². The highest BCUT2D eigenvalue weighted by Crippen LogP contribution is 2.28. The van der Waals surface area contributed by atoms with E-state index in [0.29, 0.717) is 12.1 Å². The molecular weight excluding hydrogens is 349 g/mol. The Kier molecular flexibility index (Phi) is 5.58. The maximum Gasteiger partial charge on any atom is 0.325 e. The van der Waals surface area contributed by atoms with Crippen molar-refractivity contribution >= 4 is 17.8 Å². The number of benzene rings is 1. The molecule has 1 unspecified atom stereocenters. The van der Waals surface area contributed by atoms with Crippen molar-refractivity contribution in [3.05, 3.63) is 47.3 Å². The molecule has 6 nitrogen and oxygen atoms in total. The van der Waals surface area contributed by atoms with Gasteiger partial charge < -0.3 is 10.6 Å². The first-order chi connectivity index (χ1) is 12.9. The molecule has 1 aliphatic heterocycles. The Morgan fingerprint density at radius 1 is 1.26 bits per heavy atom. The van der Waals surface area contributed by atoms with E-state index >= 15 is 0 Å². The summed E-state index contributed by atoms with van der Waals surface area (Å²) in [7, 11) is 0. The molecule has 7 heteroatoms. The van der Waals surface area contributed by atoms with Gasteiger partial charge in [-0.25, -0.2) is 9.18 Å². The molecule has 144 valence electrons. The molecule has 1 heterocycles. The van der Waals surface area contributed by atoms with Crippen molar-refractivity contribution in [3.63, 3.8) is 0 Å². The third-order valence-electron chi connectivity index (χ3n) is 5.15. The van der Waals surface area contributed by atoms with E-state index in [9.17, 15) is 18.8 Å². The van der Waals surface area contributed by atoms with Gasteiger partial charge in [0.2, 0.25) is 5.91 Å². The number of nitrogens with zero attached hydrogens (tertiary/aromatic N) is 1. The first-order valence-electron chi connectivity index (χ1n) is 9.25. The molecule has 1 saturated heterocycles. The standard InChI is InChI=1S/C20H24FN3O3/c1-20(15-7-9-16(21)10-8-15)18(26)24(19(27)23-20)13-17(25)22-12-11-14-5-3-2-4-6-14/h5,7-10H,2-4,6,11-13H2,1H3,(H,22,25)(H,23,27). The summed E-state index contributed by atoms with van der Waals surface area (Å²) in [5, 5.41) is 5.37. The van der Waals surface area contributed by atoms with Crippen LogP contribution in [0, 0.1) is 5.82 Å². The van der Waals surface area contributed by atoms with E-state index < -0.39 is 23.3 Å². The summed E-state index contributed by atoms with van der Waals surface area (Å²) in [5.41, 5.74) is 0.507. The molecule has 0 radical (unpaired) electrons. The predicted molar refractivity (Wildman–Crippen MR) is 98.2 cm³/mol. The fourth-order valence-electron chi connectivity index (χ4n) is 3.51. The van der Waals surface area contributed by atoms with Gasteiger partial charge in [0.25, 0.3) is 5.91 Å². The van der Waals surface area contributed by atoms with Crippen molar-refractivity contribution in [2.45, 2.75) is 44.6 Å². The fourth-order valence-corrected chi connectivity index (χ4v) is 3.51. The zero-order chi connectivity index (χ0) is 19.4. The maximum atomic E-state index is 13.1. The number of hydrogen-bond donors (Lipinski definition) is 2. The molecule has 4 amide bonds. The zero-order valence-electron chi connectivity index (χ0n) is 15.4. The molecule has 0 bridgehead atoms. The molecule has 1 aliphatic carbocycles. The third kappa shape index (κ3) is 4.18. The lowest BCUT2D eigenvalue weighted by molar-refractivity contribution is -0.134. The van der Waals surface area contributed by atoms with E-state index in [-0.39, 0.29) is 12.5 Å². The highest BCUT2D eigenvalue weighted by molar-refractivity contribution is 6.09. The van der Waals surface area contributed by atoms with Gasteiger partial charge in [-0.05, 0) is 56.7 Å². The summed E-state index contributed by atoms with van der Waals surface area (Å²) in [5.74, 6) is -1.33. The van der Waals surface area contributed by atoms with Gasteiger partial charge in [-0.3, -0.25) is 14.5 Å². The van der Waals surface area contributed by atoms with Crippen molar-refractivity contribution in [3.8, 4) is 0 Å². The molecule has 3 rings (SSSR count). The Bertz CT molecular complexity index is 775. The number of imide groups is 1. The lowest BCUT2D eigenvalue weighted by Gasteiger charge is -2.22. The first kappa shape index (κ1) is 19.1. The van der Waals surface area contributed by atoms with Crippen LogP contribution in [0.25, 0.3) is 0 Å². The van der Waals surface area contributed by atoms with E-state index in [1.807, 2.05) is 0 Å². The molecule has 0 spiro atoms. The second-order valence-corrected chi connectivity index (χ2v) is 7.16. The minimum atomic E-state index is -1.31. The van der Waals surface area contributed by atoms with Crippen LogP contribution in [-0.4, -0.2) is 35.8 Å². The van der Waals surface area contributed by atoms with Crippen LogP contribution in [0.4, 0.5) is 9.18 Å². The van der Waals surface area contributed by atoms with Gasteiger partial charge in [0, 0.05) is 6.54 Å². The lowest BCUT2D eigenvalue weighted by Crippen LogP contribution is -2.43. The second-order valence-electron chi connectivity index (χ2n) is 7.16. The molecule has 0 saturated carbocycles. The molecule has 2 aliphatic rings. The number of hydrogen-bond acceptors (Lipinski definition) is 3. The summed E-state index contributed by atoms with van der Waals surface area (Å²) >= 11 is 0. The van der Waals surface area contributed by atoms with Gasteiger partial charge in [0.15, 0.2) is 0 Å². The highest BCUT2D eigenvalue weighted by Gasteiger charge is 2.49. The topological polar surface area (TPSA) is 78.5 Å². The Hall–Kier alpha value is -2.70. The molecule has 0 aromatic heterocycles. The van der Waals surface area contributed by atoms with Crippen molar-refractivity contribution in [2.75, 3.05) is 13.1 Å². The van der Waals surface area contributed by atoms with Gasteiger partial charge in [-0.2, -0.15) is 0 Å². The van der Waals surface area contributed by atoms with E-state index in [0.717, 1.165) is 24.2 Å². The average Bonchev–Trinajstić information content (AvgIpc) is 2.87. The van der Waals surface area contributed by atoms with Crippen LogP contribution in [0.1, 0.15) is 44.6 Å². The van der Waals surface area contributed by atoms with Crippen molar-refractivity contribution < 1.29 is 18.8 Å². The van der Waals surface area contributed by atoms with Crippen molar-refractivity contribution in [1.82, 2.24) is 15.5 Å². The van der Waals surface area contributed by atoms with Crippen LogP contribution in [0.5, 0.6) is 0 Å². The molecular formula is C20H24FN3O3. The number of rotatable bonds is 6. The van der Waals surface area contributed by atoms with E-state index in [1.54, 1.807) is 6.92 Å². The van der Waals surface area contributed by atoms with Crippen LogP contribution in [-0.2, 0) is 15.1 Å². The van der Waals surface area contributed by atoms with E-state index in [2.05, 4.69) is 16.7 Å². The van der Waals surface area contributed by atoms with Crippen LogP contribution in [0.2, 0.25) is 0 Å². The lowest BCUT2D eigenvalue weighted by atomic mass is 9.92. The number of nitrogens with one attached hydrogen (secondary N) is 2. The van der Waals surface area contributed by atoms with Crippen LogP contribution in [0.3, 0.4) is 0 Å². The minimum Gasteiger partial charge on any atom is -0.354 e. The molecule has 27 heavy (non-hydrogen) atoms.